The minimum atomic E-state index is -1.28. The molecule has 2 aliphatic rings. The van der Waals surface area contributed by atoms with Crippen molar-refractivity contribution in [1.29, 1.82) is 0 Å². The minimum absolute atomic E-state index is 0.147. The van der Waals surface area contributed by atoms with E-state index in [4.69, 9.17) is 19.3 Å². The molecule has 0 aromatic heterocycles. The van der Waals surface area contributed by atoms with E-state index in [1.54, 1.807) is 19.2 Å². The Morgan fingerprint density at radius 3 is 2.61 bits per heavy atom. The van der Waals surface area contributed by atoms with Crippen LogP contribution in [0.4, 0.5) is 0 Å². The quantitative estimate of drug-likeness (QED) is 0.466. The van der Waals surface area contributed by atoms with Crippen LogP contribution >= 0.6 is 0 Å². The molecule has 1 saturated heterocycles. The topological polar surface area (TPSA) is 140 Å². The van der Waals surface area contributed by atoms with Gasteiger partial charge in [-0.25, -0.2) is 14.4 Å². The number of rotatable bonds is 7. The first-order chi connectivity index (χ1) is 13.2. The Balaban J connectivity index is 2.12. The maximum atomic E-state index is 11.6. The van der Waals surface area contributed by atoms with E-state index in [9.17, 15) is 24.3 Å². The van der Waals surface area contributed by atoms with E-state index < -0.39 is 42.3 Å². The fourth-order valence-electron chi connectivity index (χ4n) is 2.87. The number of carboxylic acid groups (broad SMARTS) is 2. The molecule has 2 heterocycles. The standard InChI is InChI=1S/C18H21NO9/c1-10-13(9-26-15(23)6-5-14(21)22)28-17(16(10)27-11(2)20)19-7-3-4-12(8-19)18(24)25/h3,5-8,10,13,16-17H,4,9H2,1-2H3,(H,21,22)(H,24,25)/b6-5+/t10-,13-,16-,17-/m1/s1. The molecule has 2 N–H and O–H groups in total. The highest BCUT2D eigenvalue weighted by Gasteiger charge is 2.47. The molecular formula is C18H21NO9. The molecular weight excluding hydrogens is 374 g/mol. The SMILES string of the molecule is CC(=O)O[C@@H]1[C@H](C)[C@@H](COC(=O)/C=C/C(=O)O)O[C@H]1N1C=CCC(C(=O)O)=C1. The Morgan fingerprint density at radius 1 is 1.29 bits per heavy atom. The third kappa shape index (κ3) is 5.43. The first kappa shape index (κ1) is 21.2. The van der Waals surface area contributed by atoms with Gasteiger partial charge in [0.25, 0.3) is 0 Å². The van der Waals surface area contributed by atoms with Crippen molar-refractivity contribution in [3.8, 4) is 0 Å². The predicted molar refractivity (Wildman–Crippen MR) is 92.4 cm³/mol. The van der Waals surface area contributed by atoms with Crippen LogP contribution in [-0.4, -0.2) is 64.0 Å². The van der Waals surface area contributed by atoms with Gasteiger partial charge in [0.05, 0.1) is 5.57 Å². The molecule has 0 spiro atoms. The van der Waals surface area contributed by atoms with Crippen molar-refractivity contribution in [2.45, 2.75) is 38.7 Å². The van der Waals surface area contributed by atoms with Crippen molar-refractivity contribution < 1.29 is 43.6 Å². The van der Waals surface area contributed by atoms with Crippen LogP contribution in [0.25, 0.3) is 0 Å². The summed E-state index contributed by atoms with van der Waals surface area (Å²) in [4.78, 5) is 46.2. The molecule has 0 unspecified atom stereocenters. The zero-order valence-corrected chi connectivity index (χ0v) is 15.3. The lowest BCUT2D eigenvalue weighted by Crippen LogP contribution is -2.40. The Morgan fingerprint density at radius 2 is 2.00 bits per heavy atom. The van der Waals surface area contributed by atoms with Gasteiger partial charge < -0.3 is 29.3 Å². The summed E-state index contributed by atoms with van der Waals surface area (Å²) in [7, 11) is 0. The molecule has 1 fully saturated rings. The number of carbonyl (C=O) groups is 4. The molecule has 10 nitrogen and oxygen atoms in total. The fraction of sp³-hybridized carbons (Fsp3) is 0.444. The van der Waals surface area contributed by atoms with Gasteiger partial charge in [-0.2, -0.15) is 0 Å². The van der Waals surface area contributed by atoms with Crippen LogP contribution in [0, 0.1) is 5.92 Å². The number of ether oxygens (including phenoxy) is 3. The first-order valence-corrected chi connectivity index (χ1v) is 8.47. The van der Waals surface area contributed by atoms with Crippen molar-refractivity contribution in [2.75, 3.05) is 6.61 Å². The van der Waals surface area contributed by atoms with Crippen molar-refractivity contribution in [2.24, 2.45) is 5.92 Å². The van der Waals surface area contributed by atoms with Crippen LogP contribution in [-0.2, 0) is 33.4 Å². The number of esters is 2. The third-order valence-corrected chi connectivity index (χ3v) is 4.24. The fourth-order valence-corrected chi connectivity index (χ4v) is 2.87. The van der Waals surface area contributed by atoms with Crippen molar-refractivity contribution in [3.63, 3.8) is 0 Å². The molecule has 28 heavy (non-hydrogen) atoms. The van der Waals surface area contributed by atoms with Crippen LogP contribution < -0.4 is 0 Å². The van der Waals surface area contributed by atoms with E-state index in [2.05, 4.69) is 0 Å². The number of nitrogens with zero attached hydrogens (tertiary/aromatic N) is 1. The maximum Gasteiger partial charge on any atom is 0.333 e. The molecule has 0 saturated carbocycles. The second kappa shape index (κ2) is 9.18. The van der Waals surface area contributed by atoms with Gasteiger partial charge in [0.2, 0.25) is 0 Å². The number of hydrogen-bond acceptors (Lipinski definition) is 8. The van der Waals surface area contributed by atoms with Gasteiger partial charge >= 0.3 is 23.9 Å². The average molecular weight is 395 g/mol. The molecule has 0 aromatic rings. The zero-order chi connectivity index (χ0) is 20.8. The number of carboxylic acids is 2. The third-order valence-electron chi connectivity index (χ3n) is 4.24. The summed E-state index contributed by atoms with van der Waals surface area (Å²) in [5, 5.41) is 17.7. The molecule has 10 heteroatoms. The highest BCUT2D eigenvalue weighted by atomic mass is 16.6. The van der Waals surface area contributed by atoms with E-state index in [-0.39, 0.29) is 24.5 Å². The Hall–Kier alpha value is -3.14. The second-order valence-electron chi connectivity index (χ2n) is 6.30. The van der Waals surface area contributed by atoms with Gasteiger partial charge in [-0.1, -0.05) is 13.0 Å². The summed E-state index contributed by atoms with van der Waals surface area (Å²) in [6.07, 6.45) is 4.18. The Labute approximate surface area is 160 Å². The highest BCUT2D eigenvalue weighted by Crippen LogP contribution is 2.33. The summed E-state index contributed by atoms with van der Waals surface area (Å²) in [6.45, 7) is 2.80. The van der Waals surface area contributed by atoms with Crippen LogP contribution in [0.5, 0.6) is 0 Å². The van der Waals surface area contributed by atoms with Crippen LogP contribution in [0.2, 0.25) is 0 Å². The monoisotopic (exact) mass is 395 g/mol. The average Bonchev–Trinajstić information content (AvgIpc) is 2.93. The molecule has 0 bridgehead atoms. The van der Waals surface area contributed by atoms with Gasteiger partial charge in [-0.3, -0.25) is 4.79 Å². The van der Waals surface area contributed by atoms with Crippen LogP contribution in [0.15, 0.2) is 36.2 Å². The van der Waals surface area contributed by atoms with Crippen LogP contribution in [0.3, 0.4) is 0 Å². The smallest absolute Gasteiger partial charge is 0.333 e. The van der Waals surface area contributed by atoms with Gasteiger partial charge in [0.1, 0.15) is 12.7 Å². The summed E-state index contributed by atoms with van der Waals surface area (Å²) >= 11 is 0. The lowest BCUT2D eigenvalue weighted by atomic mass is 10.00. The lowest BCUT2D eigenvalue weighted by molar-refractivity contribution is -0.155. The first-order valence-electron chi connectivity index (χ1n) is 8.47. The maximum absolute atomic E-state index is 11.6. The summed E-state index contributed by atoms with van der Waals surface area (Å²) in [5.41, 5.74) is 0.147. The number of aliphatic carboxylic acids is 2. The highest BCUT2D eigenvalue weighted by molar-refractivity contribution is 5.90. The largest absolute Gasteiger partial charge is 0.478 e. The van der Waals surface area contributed by atoms with Gasteiger partial charge in [-0.05, 0) is 0 Å². The summed E-state index contributed by atoms with van der Waals surface area (Å²) < 4.78 is 16.2. The Bertz CT molecular complexity index is 739. The Kier molecular flexibility index (Phi) is 6.94. The van der Waals surface area contributed by atoms with E-state index in [0.717, 1.165) is 6.08 Å². The van der Waals surface area contributed by atoms with Crippen molar-refractivity contribution in [1.82, 2.24) is 4.90 Å². The van der Waals surface area contributed by atoms with E-state index in [1.165, 1.54) is 18.0 Å². The molecule has 4 atom stereocenters. The summed E-state index contributed by atoms with van der Waals surface area (Å²) in [6, 6.07) is 0. The molecule has 2 aliphatic heterocycles. The molecule has 0 aromatic carbocycles. The molecule has 0 radical (unpaired) electrons. The minimum Gasteiger partial charge on any atom is -0.478 e. The number of carbonyl (C=O) groups excluding carboxylic acids is 2. The molecule has 2 rings (SSSR count). The van der Waals surface area contributed by atoms with Crippen LogP contribution in [0.1, 0.15) is 20.3 Å². The molecule has 0 amide bonds. The molecule has 0 aliphatic carbocycles. The molecule has 152 valence electrons. The predicted octanol–water partition coefficient (Wildman–Crippen LogP) is 0.651. The van der Waals surface area contributed by atoms with Crippen molar-refractivity contribution >= 4 is 23.9 Å². The van der Waals surface area contributed by atoms with E-state index in [1.807, 2.05) is 0 Å². The second-order valence-corrected chi connectivity index (χ2v) is 6.30. The zero-order valence-electron chi connectivity index (χ0n) is 15.3. The van der Waals surface area contributed by atoms with Crippen molar-refractivity contribution in [3.05, 3.63) is 36.2 Å². The normalized spacial score (nSPS) is 26.8. The lowest BCUT2D eigenvalue weighted by Gasteiger charge is -2.30. The number of hydrogen-bond donors (Lipinski definition) is 2. The van der Waals surface area contributed by atoms with Gasteiger partial charge in [0.15, 0.2) is 12.3 Å². The van der Waals surface area contributed by atoms with E-state index >= 15 is 0 Å². The summed E-state index contributed by atoms with van der Waals surface area (Å²) in [5.74, 6) is -4.11. The van der Waals surface area contributed by atoms with Gasteiger partial charge in [0, 0.05) is 43.8 Å². The number of allylic oxidation sites excluding steroid dienone is 1. The van der Waals surface area contributed by atoms with E-state index in [0.29, 0.717) is 6.08 Å². The van der Waals surface area contributed by atoms with Gasteiger partial charge in [-0.15, -0.1) is 0 Å².